The van der Waals surface area contributed by atoms with Gasteiger partial charge in [0.05, 0.1) is 6.10 Å². The molecule has 2 nitrogen and oxygen atoms in total. The molecule has 0 amide bonds. The fraction of sp³-hybridized carbons (Fsp3) is 0.333. The molecule has 0 aliphatic carbocycles. The van der Waals surface area contributed by atoms with E-state index in [0.29, 0.717) is 0 Å². The summed E-state index contributed by atoms with van der Waals surface area (Å²) in [5.74, 6) is 0.907. The van der Waals surface area contributed by atoms with E-state index < -0.39 is 0 Å². The number of nitrogens with one attached hydrogen (secondary N) is 1. The lowest BCUT2D eigenvalue weighted by Gasteiger charge is -2.13. The Labute approximate surface area is 137 Å². The van der Waals surface area contributed by atoms with Crippen LogP contribution in [0.5, 0.6) is 5.75 Å². The molecule has 0 fully saturated rings. The zero-order valence-corrected chi connectivity index (χ0v) is 14.8. The van der Waals surface area contributed by atoms with Crippen LogP contribution in [0.4, 0.5) is 5.69 Å². The van der Waals surface area contributed by atoms with Gasteiger partial charge in [-0.05, 0) is 66.5 Å². The van der Waals surface area contributed by atoms with Gasteiger partial charge in [0, 0.05) is 21.6 Å². The van der Waals surface area contributed by atoms with Crippen LogP contribution in [0, 0.1) is 6.92 Å². The molecule has 0 aliphatic rings. The van der Waals surface area contributed by atoms with Crippen LogP contribution in [0.1, 0.15) is 24.3 Å². The number of halogens is 2. The van der Waals surface area contributed by atoms with Crippen molar-refractivity contribution in [3.8, 4) is 5.75 Å². The quantitative estimate of drug-likeness (QED) is 0.706. The second kappa shape index (κ2) is 6.83. The molecule has 0 saturated carbocycles. The molecule has 1 heterocycles. The summed E-state index contributed by atoms with van der Waals surface area (Å²) in [5, 5.41) is 3.43. The minimum absolute atomic E-state index is 0.193. The highest BCUT2D eigenvalue weighted by Gasteiger charge is 2.06. The first kappa shape index (κ1) is 15.7. The number of ether oxygens (including phenoxy) is 1. The molecule has 0 spiro atoms. The van der Waals surface area contributed by atoms with Gasteiger partial charge >= 0.3 is 0 Å². The van der Waals surface area contributed by atoms with Crippen molar-refractivity contribution in [2.75, 3.05) is 5.32 Å². The molecule has 108 valence electrons. The van der Waals surface area contributed by atoms with E-state index in [1.54, 1.807) is 11.3 Å². The predicted molar refractivity (Wildman–Crippen MR) is 91.3 cm³/mol. The summed E-state index contributed by atoms with van der Waals surface area (Å²) in [6.07, 6.45) is 0.193. The largest absolute Gasteiger partial charge is 0.491 e. The molecule has 1 aromatic heterocycles. The summed E-state index contributed by atoms with van der Waals surface area (Å²) >= 11 is 11.0. The standard InChI is InChI=1S/C15H17BrClNOS/c1-9(2)19-11-4-5-14(10(3)6-11)18-8-12-7-13(16)15(17)20-12/h4-7,9,18H,8H2,1-3H3. The fourth-order valence-corrected chi connectivity index (χ4v) is 3.57. The van der Waals surface area contributed by atoms with E-state index in [9.17, 15) is 0 Å². The van der Waals surface area contributed by atoms with Gasteiger partial charge in [-0.2, -0.15) is 0 Å². The van der Waals surface area contributed by atoms with Gasteiger partial charge in [0.1, 0.15) is 10.1 Å². The number of hydrogen-bond donors (Lipinski definition) is 1. The maximum atomic E-state index is 6.04. The van der Waals surface area contributed by atoms with E-state index in [-0.39, 0.29) is 6.10 Å². The highest BCUT2D eigenvalue weighted by atomic mass is 79.9. The zero-order valence-electron chi connectivity index (χ0n) is 11.7. The number of hydrogen-bond acceptors (Lipinski definition) is 3. The Morgan fingerprint density at radius 2 is 2.10 bits per heavy atom. The van der Waals surface area contributed by atoms with Gasteiger partial charge in [-0.25, -0.2) is 0 Å². The summed E-state index contributed by atoms with van der Waals surface area (Å²) in [6, 6.07) is 8.15. The van der Waals surface area contributed by atoms with Gasteiger partial charge in [-0.3, -0.25) is 0 Å². The monoisotopic (exact) mass is 373 g/mol. The first-order valence-corrected chi connectivity index (χ1v) is 8.39. The number of thiophene rings is 1. The lowest BCUT2D eigenvalue weighted by molar-refractivity contribution is 0.242. The molecule has 0 radical (unpaired) electrons. The number of aryl methyl sites for hydroxylation is 1. The van der Waals surface area contributed by atoms with Gasteiger partial charge in [0.25, 0.3) is 0 Å². The van der Waals surface area contributed by atoms with E-state index in [2.05, 4.69) is 40.3 Å². The van der Waals surface area contributed by atoms with Crippen LogP contribution in [0.25, 0.3) is 0 Å². The lowest BCUT2D eigenvalue weighted by atomic mass is 10.2. The molecule has 0 atom stereocenters. The summed E-state index contributed by atoms with van der Waals surface area (Å²) in [6.45, 7) is 6.90. The molecule has 1 N–H and O–H groups in total. The zero-order chi connectivity index (χ0) is 14.7. The molecule has 2 aromatic rings. The minimum Gasteiger partial charge on any atom is -0.491 e. The second-order valence-electron chi connectivity index (χ2n) is 4.83. The first-order chi connectivity index (χ1) is 9.45. The van der Waals surface area contributed by atoms with Crippen molar-refractivity contribution < 1.29 is 4.74 Å². The van der Waals surface area contributed by atoms with Gasteiger partial charge < -0.3 is 10.1 Å². The third kappa shape index (κ3) is 4.14. The van der Waals surface area contributed by atoms with Crippen LogP contribution < -0.4 is 10.1 Å². The number of rotatable bonds is 5. The normalized spacial score (nSPS) is 10.9. The number of anilines is 1. The maximum Gasteiger partial charge on any atom is 0.120 e. The topological polar surface area (TPSA) is 21.3 Å². The molecular weight excluding hydrogens is 358 g/mol. The Morgan fingerprint density at radius 1 is 1.35 bits per heavy atom. The van der Waals surface area contributed by atoms with Gasteiger partial charge in [-0.15, -0.1) is 11.3 Å². The summed E-state index contributed by atoms with van der Waals surface area (Å²) < 4.78 is 7.43. The molecule has 0 bridgehead atoms. The van der Waals surface area contributed by atoms with E-state index in [4.69, 9.17) is 16.3 Å². The highest BCUT2D eigenvalue weighted by Crippen LogP contribution is 2.32. The predicted octanol–water partition coefficient (Wildman–Crippen LogP) is 5.87. The summed E-state index contributed by atoms with van der Waals surface area (Å²) in [7, 11) is 0. The van der Waals surface area contributed by atoms with Crippen LogP contribution >= 0.6 is 38.9 Å². The average molecular weight is 375 g/mol. The third-order valence-electron chi connectivity index (χ3n) is 2.72. The Balaban J connectivity index is 2.02. The highest BCUT2D eigenvalue weighted by molar-refractivity contribution is 9.10. The molecule has 0 unspecified atom stereocenters. The van der Waals surface area contributed by atoms with Crippen molar-refractivity contribution in [2.24, 2.45) is 0 Å². The van der Waals surface area contributed by atoms with Gasteiger partial charge in [0.15, 0.2) is 0 Å². The molecular formula is C15H17BrClNOS. The molecule has 5 heteroatoms. The summed E-state index contributed by atoms with van der Waals surface area (Å²) in [4.78, 5) is 1.20. The van der Waals surface area contributed by atoms with Crippen LogP contribution in [0.2, 0.25) is 4.34 Å². The summed E-state index contributed by atoms with van der Waals surface area (Å²) in [5.41, 5.74) is 2.28. The van der Waals surface area contributed by atoms with Crippen molar-refractivity contribution in [3.63, 3.8) is 0 Å². The Hall–Kier alpha value is -0.710. The molecule has 0 saturated heterocycles. The van der Waals surface area contributed by atoms with Crippen molar-refractivity contribution in [1.29, 1.82) is 0 Å². The smallest absolute Gasteiger partial charge is 0.120 e. The Morgan fingerprint density at radius 3 is 2.65 bits per heavy atom. The third-order valence-corrected chi connectivity index (χ3v) is 5.19. The molecule has 1 aromatic carbocycles. The molecule has 0 aliphatic heterocycles. The van der Waals surface area contributed by atoms with E-state index in [1.807, 2.05) is 26.0 Å². The van der Waals surface area contributed by atoms with Crippen LogP contribution in [0.3, 0.4) is 0 Å². The average Bonchev–Trinajstić information content (AvgIpc) is 2.67. The van der Waals surface area contributed by atoms with Crippen molar-refractivity contribution in [3.05, 3.63) is 43.5 Å². The maximum absolute atomic E-state index is 6.04. The number of benzene rings is 1. The van der Waals surface area contributed by atoms with E-state index in [1.165, 1.54) is 10.4 Å². The van der Waals surface area contributed by atoms with Gasteiger partial charge in [-0.1, -0.05) is 11.6 Å². The Kier molecular flexibility index (Phi) is 5.35. The van der Waals surface area contributed by atoms with Crippen LogP contribution in [0.15, 0.2) is 28.7 Å². The van der Waals surface area contributed by atoms with Crippen LogP contribution in [-0.4, -0.2) is 6.10 Å². The van der Waals surface area contributed by atoms with E-state index in [0.717, 1.165) is 26.8 Å². The fourth-order valence-electron chi connectivity index (χ4n) is 1.84. The SMILES string of the molecule is Cc1cc(OC(C)C)ccc1NCc1cc(Br)c(Cl)s1. The second-order valence-corrected chi connectivity index (χ2v) is 7.42. The molecule has 20 heavy (non-hydrogen) atoms. The minimum atomic E-state index is 0.193. The first-order valence-electron chi connectivity index (χ1n) is 6.40. The Bertz CT molecular complexity index is 578. The lowest BCUT2D eigenvalue weighted by Crippen LogP contribution is -2.06. The van der Waals surface area contributed by atoms with Crippen molar-refractivity contribution in [2.45, 2.75) is 33.4 Å². The van der Waals surface area contributed by atoms with Crippen molar-refractivity contribution >= 4 is 44.6 Å². The van der Waals surface area contributed by atoms with Gasteiger partial charge in [0.2, 0.25) is 0 Å². The molecule has 2 rings (SSSR count). The van der Waals surface area contributed by atoms with Crippen LogP contribution in [-0.2, 0) is 6.54 Å². The van der Waals surface area contributed by atoms with E-state index >= 15 is 0 Å². The van der Waals surface area contributed by atoms with Crippen molar-refractivity contribution in [1.82, 2.24) is 0 Å².